The van der Waals surface area contributed by atoms with Crippen LogP contribution in [0.2, 0.25) is 5.02 Å². The van der Waals surface area contributed by atoms with E-state index in [1.807, 2.05) is 42.3 Å². The number of rotatable bonds is 5. The first-order valence-corrected chi connectivity index (χ1v) is 10.6. The molecule has 0 bridgehead atoms. The van der Waals surface area contributed by atoms with E-state index < -0.39 is 0 Å². The summed E-state index contributed by atoms with van der Waals surface area (Å²) in [6.45, 7) is 3.07. The van der Waals surface area contributed by atoms with E-state index in [1.54, 1.807) is 18.2 Å². The molecule has 1 fully saturated rings. The minimum absolute atomic E-state index is 0.0425. The van der Waals surface area contributed by atoms with E-state index in [2.05, 4.69) is 15.5 Å². The van der Waals surface area contributed by atoms with E-state index in [0.29, 0.717) is 35.8 Å². The molecule has 1 aliphatic rings. The predicted molar refractivity (Wildman–Crippen MR) is 124 cm³/mol. The third-order valence-corrected chi connectivity index (χ3v) is 5.60. The smallest absolute Gasteiger partial charge is 0.256 e. The SMILES string of the molecule is CN1CCN(C(=O)c2ccccc2NC(=S)NC(=O)CCc2ccccc2Cl)CC1. The van der Waals surface area contributed by atoms with Crippen LogP contribution in [0.5, 0.6) is 0 Å². The van der Waals surface area contributed by atoms with E-state index in [-0.39, 0.29) is 23.3 Å². The number of halogens is 1. The van der Waals surface area contributed by atoms with Gasteiger partial charge in [-0.15, -0.1) is 0 Å². The summed E-state index contributed by atoms with van der Waals surface area (Å²) in [5, 5.41) is 6.48. The second-order valence-electron chi connectivity index (χ2n) is 7.23. The number of anilines is 1. The second kappa shape index (κ2) is 10.5. The van der Waals surface area contributed by atoms with Crippen molar-refractivity contribution < 1.29 is 9.59 Å². The number of carbonyl (C=O) groups is 2. The molecule has 0 unspecified atom stereocenters. The molecule has 6 nitrogen and oxygen atoms in total. The molecule has 0 aliphatic carbocycles. The second-order valence-corrected chi connectivity index (χ2v) is 8.05. The molecule has 8 heteroatoms. The monoisotopic (exact) mass is 444 g/mol. The van der Waals surface area contributed by atoms with Crippen LogP contribution in [0, 0.1) is 0 Å². The third-order valence-electron chi connectivity index (χ3n) is 5.03. The molecular formula is C22H25ClN4O2S. The average Bonchev–Trinajstić information content (AvgIpc) is 2.73. The molecule has 30 heavy (non-hydrogen) atoms. The van der Waals surface area contributed by atoms with Crippen LogP contribution < -0.4 is 10.6 Å². The minimum atomic E-state index is -0.213. The first kappa shape index (κ1) is 22.2. The quantitative estimate of drug-likeness (QED) is 0.693. The Morgan fingerprint density at radius 1 is 1.03 bits per heavy atom. The number of carbonyl (C=O) groups excluding carboxylic acids is 2. The number of thiocarbonyl (C=S) groups is 1. The largest absolute Gasteiger partial charge is 0.336 e. The Bertz CT molecular complexity index is 929. The Hall–Kier alpha value is -2.48. The molecule has 3 rings (SSSR count). The van der Waals surface area contributed by atoms with Gasteiger partial charge in [0.25, 0.3) is 5.91 Å². The van der Waals surface area contributed by atoms with Gasteiger partial charge in [0.2, 0.25) is 5.91 Å². The zero-order valence-electron chi connectivity index (χ0n) is 16.9. The van der Waals surface area contributed by atoms with Gasteiger partial charge in [0.15, 0.2) is 5.11 Å². The lowest BCUT2D eigenvalue weighted by atomic mass is 10.1. The van der Waals surface area contributed by atoms with Crippen LogP contribution in [-0.2, 0) is 11.2 Å². The van der Waals surface area contributed by atoms with Crippen LogP contribution in [-0.4, -0.2) is 60.0 Å². The summed E-state index contributed by atoms with van der Waals surface area (Å²) in [6.07, 6.45) is 0.778. The molecule has 0 radical (unpaired) electrons. The molecule has 158 valence electrons. The number of para-hydroxylation sites is 1. The van der Waals surface area contributed by atoms with Gasteiger partial charge in [-0.3, -0.25) is 9.59 Å². The van der Waals surface area contributed by atoms with Crippen molar-refractivity contribution in [2.45, 2.75) is 12.8 Å². The summed E-state index contributed by atoms with van der Waals surface area (Å²) in [5.41, 5.74) is 2.03. The zero-order valence-corrected chi connectivity index (χ0v) is 18.4. The Balaban J connectivity index is 1.57. The van der Waals surface area contributed by atoms with Gasteiger partial charge in [-0.1, -0.05) is 41.9 Å². The van der Waals surface area contributed by atoms with Crippen molar-refractivity contribution in [1.29, 1.82) is 0 Å². The molecule has 0 saturated carbocycles. The summed E-state index contributed by atoms with van der Waals surface area (Å²) in [6, 6.07) is 14.6. The van der Waals surface area contributed by atoms with Crippen LogP contribution in [0.1, 0.15) is 22.3 Å². The van der Waals surface area contributed by atoms with Crippen molar-refractivity contribution in [1.82, 2.24) is 15.1 Å². The van der Waals surface area contributed by atoms with E-state index >= 15 is 0 Å². The van der Waals surface area contributed by atoms with E-state index in [4.69, 9.17) is 23.8 Å². The number of hydrogen-bond donors (Lipinski definition) is 2. The summed E-state index contributed by atoms with van der Waals surface area (Å²) in [5.74, 6) is -0.255. The first-order valence-electron chi connectivity index (χ1n) is 9.85. The van der Waals surface area contributed by atoms with Gasteiger partial charge >= 0.3 is 0 Å². The van der Waals surface area contributed by atoms with Crippen LogP contribution in [0.25, 0.3) is 0 Å². The summed E-state index contributed by atoms with van der Waals surface area (Å²) < 4.78 is 0. The van der Waals surface area contributed by atoms with Crippen LogP contribution in [0.3, 0.4) is 0 Å². The first-order chi connectivity index (χ1) is 14.4. The molecule has 1 aliphatic heterocycles. The normalized spacial score (nSPS) is 14.3. The highest BCUT2D eigenvalue weighted by molar-refractivity contribution is 7.80. The number of hydrogen-bond acceptors (Lipinski definition) is 4. The standard InChI is InChI=1S/C22H25ClN4O2S/c1-26-12-14-27(15-13-26)21(29)17-7-3-5-9-19(17)24-22(30)25-20(28)11-10-16-6-2-4-8-18(16)23/h2-9H,10-15H2,1H3,(H2,24,25,28,30). The van der Waals surface area contributed by atoms with Crippen molar-refractivity contribution in [3.05, 3.63) is 64.7 Å². The fourth-order valence-corrected chi connectivity index (χ4v) is 3.70. The number of nitrogens with one attached hydrogen (secondary N) is 2. The average molecular weight is 445 g/mol. The molecule has 2 amide bonds. The maximum atomic E-state index is 12.9. The van der Waals surface area contributed by atoms with Crippen molar-refractivity contribution in [3.63, 3.8) is 0 Å². The van der Waals surface area contributed by atoms with Crippen molar-refractivity contribution in [2.75, 3.05) is 38.5 Å². The topological polar surface area (TPSA) is 64.7 Å². The highest BCUT2D eigenvalue weighted by Crippen LogP contribution is 2.19. The molecule has 0 atom stereocenters. The molecule has 0 spiro atoms. The predicted octanol–water partition coefficient (Wildman–Crippen LogP) is 3.17. The Labute approximate surface area is 187 Å². The van der Waals surface area contributed by atoms with Crippen LogP contribution in [0.15, 0.2) is 48.5 Å². The number of piperazine rings is 1. The lowest BCUT2D eigenvalue weighted by molar-refractivity contribution is -0.119. The fourth-order valence-electron chi connectivity index (χ4n) is 3.25. The highest BCUT2D eigenvalue weighted by Gasteiger charge is 2.22. The van der Waals surface area contributed by atoms with Gasteiger partial charge in [0, 0.05) is 37.6 Å². The van der Waals surface area contributed by atoms with Gasteiger partial charge in [-0.05, 0) is 49.4 Å². The number of benzene rings is 2. The van der Waals surface area contributed by atoms with Crippen molar-refractivity contribution >= 4 is 46.4 Å². The van der Waals surface area contributed by atoms with Gasteiger partial charge < -0.3 is 20.4 Å². The minimum Gasteiger partial charge on any atom is -0.336 e. The fraction of sp³-hybridized carbons (Fsp3) is 0.318. The van der Waals surface area contributed by atoms with Gasteiger partial charge in [0.1, 0.15) is 0 Å². The zero-order chi connectivity index (χ0) is 21.5. The number of nitrogens with zero attached hydrogens (tertiary/aromatic N) is 2. The molecular weight excluding hydrogens is 420 g/mol. The highest BCUT2D eigenvalue weighted by atomic mass is 35.5. The molecule has 2 aromatic carbocycles. The number of aryl methyl sites for hydroxylation is 1. The summed E-state index contributed by atoms with van der Waals surface area (Å²) >= 11 is 11.4. The number of amides is 2. The Kier molecular flexibility index (Phi) is 7.79. The summed E-state index contributed by atoms with van der Waals surface area (Å²) in [4.78, 5) is 29.2. The lowest BCUT2D eigenvalue weighted by Gasteiger charge is -2.32. The van der Waals surface area contributed by atoms with E-state index in [9.17, 15) is 9.59 Å². The molecule has 2 N–H and O–H groups in total. The van der Waals surface area contributed by atoms with Crippen molar-refractivity contribution in [2.24, 2.45) is 0 Å². The maximum absolute atomic E-state index is 12.9. The van der Waals surface area contributed by atoms with Crippen molar-refractivity contribution in [3.8, 4) is 0 Å². The molecule has 0 aromatic heterocycles. The van der Waals surface area contributed by atoms with Crippen LogP contribution >= 0.6 is 23.8 Å². The maximum Gasteiger partial charge on any atom is 0.256 e. The third kappa shape index (κ3) is 6.01. The van der Waals surface area contributed by atoms with Gasteiger partial charge in [0.05, 0.1) is 11.3 Å². The lowest BCUT2D eigenvalue weighted by Crippen LogP contribution is -2.47. The van der Waals surface area contributed by atoms with Crippen LogP contribution in [0.4, 0.5) is 5.69 Å². The van der Waals surface area contributed by atoms with Gasteiger partial charge in [-0.25, -0.2) is 0 Å². The molecule has 1 saturated heterocycles. The molecule has 2 aromatic rings. The Morgan fingerprint density at radius 2 is 1.70 bits per heavy atom. The Morgan fingerprint density at radius 3 is 2.43 bits per heavy atom. The molecule has 1 heterocycles. The van der Waals surface area contributed by atoms with E-state index in [1.165, 1.54) is 0 Å². The van der Waals surface area contributed by atoms with Gasteiger partial charge in [-0.2, -0.15) is 0 Å². The van der Waals surface area contributed by atoms with E-state index in [0.717, 1.165) is 18.7 Å². The number of likely N-dealkylation sites (N-methyl/N-ethyl adjacent to an activating group) is 1. The summed E-state index contributed by atoms with van der Waals surface area (Å²) in [7, 11) is 2.05.